The molecule has 1 heterocycles. The van der Waals surface area contributed by atoms with Gasteiger partial charge in [0.1, 0.15) is 11.1 Å². The lowest BCUT2D eigenvalue weighted by molar-refractivity contribution is 0.112. The summed E-state index contributed by atoms with van der Waals surface area (Å²) in [5, 5.41) is 2.80. The molecule has 0 saturated carbocycles. The number of aldehydes is 1. The SMILES string of the molecule is O=Cc1cc2c(ccc3ccccc32)oc1=O. The van der Waals surface area contributed by atoms with Crippen LogP contribution in [0, 0.1) is 0 Å². The van der Waals surface area contributed by atoms with E-state index in [1.54, 1.807) is 12.1 Å². The summed E-state index contributed by atoms with van der Waals surface area (Å²) in [6.07, 6.45) is 0.521. The molecule has 17 heavy (non-hydrogen) atoms. The first-order valence-corrected chi connectivity index (χ1v) is 5.20. The zero-order valence-electron chi connectivity index (χ0n) is 8.84. The Morgan fingerprint density at radius 1 is 1.00 bits per heavy atom. The fourth-order valence-corrected chi connectivity index (χ4v) is 1.97. The summed E-state index contributed by atoms with van der Waals surface area (Å²) in [7, 11) is 0. The Kier molecular flexibility index (Phi) is 2.05. The number of benzene rings is 2. The first kappa shape index (κ1) is 9.78. The van der Waals surface area contributed by atoms with Crippen molar-refractivity contribution in [2.75, 3.05) is 0 Å². The number of rotatable bonds is 1. The van der Waals surface area contributed by atoms with Gasteiger partial charge in [-0.2, -0.15) is 0 Å². The smallest absolute Gasteiger partial charge is 0.346 e. The van der Waals surface area contributed by atoms with Crippen LogP contribution in [-0.4, -0.2) is 6.29 Å². The lowest BCUT2D eigenvalue weighted by atomic mass is 10.1. The van der Waals surface area contributed by atoms with E-state index in [4.69, 9.17) is 4.42 Å². The van der Waals surface area contributed by atoms with Crippen molar-refractivity contribution in [1.29, 1.82) is 0 Å². The summed E-state index contributed by atoms with van der Waals surface area (Å²) in [4.78, 5) is 22.1. The maximum Gasteiger partial charge on any atom is 0.346 e. The summed E-state index contributed by atoms with van der Waals surface area (Å²) in [5.41, 5.74) is -0.0454. The van der Waals surface area contributed by atoms with E-state index in [0.717, 1.165) is 16.2 Å². The summed E-state index contributed by atoms with van der Waals surface area (Å²) >= 11 is 0. The van der Waals surface area contributed by atoms with Crippen LogP contribution in [-0.2, 0) is 0 Å². The van der Waals surface area contributed by atoms with Crippen LogP contribution in [0.2, 0.25) is 0 Å². The van der Waals surface area contributed by atoms with Crippen molar-refractivity contribution in [1.82, 2.24) is 0 Å². The Morgan fingerprint density at radius 2 is 1.82 bits per heavy atom. The summed E-state index contributed by atoms with van der Waals surface area (Å²) in [5.74, 6) is 0. The zero-order chi connectivity index (χ0) is 11.8. The molecule has 0 amide bonds. The Morgan fingerprint density at radius 3 is 2.65 bits per heavy atom. The first-order chi connectivity index (χ1) is 8.29. The monoisotopic (exact) mass is 224 g/mol. The van der Waals surface area contributed by atoms with Crippen LogP contribution in [0.1, 0.15) is 10.4 Å². The molecule has 2 aromatic carbocycles. The van der Waals surface area contributed by atoms with Crippen molar-refractivity contribution in [2.45, 2.75) is 0 Å². The van der Waals surface area contributed by atoms with Gasteiger partial charge in [0, 0.05) is 5.39 Å². The zero-order valence-corrected chi connectivity index (χ0v) is 8.84. The molecule has 1 aromatic heterocycles. The second-order valence-corrected chi connectivity index (χ2v) is 3.81. The molecule has 0 saturated heterocycles. The normalized spacial score (nSPS) is 10.8. The maximum absolute atomic E-state index is 11.4. The average Bonchev–Trinajstić information content (AvgIpc) is 2.37. The van der Waals surface area contributed by atoms with Crippen LogP contribution < -0.4 is 5.63 Å². The molecule has 3 nitrogen and oxygen atoms in total. The molecule has 0 fully saturated rings. The molecule has 3 heteroatoms. The molecule has 0 aliphatic heterocycles. The van der Waals surface area contributed by atoms with E-state index in [1.807, 2.05) is 30.3 Å². The van der Waals surface area contributed by atoms with Crippen LogP contribution >= 0.6 is 0 Å². The number of hydrogen-bond donors (Lipinski definition) is 0. The number of hydrogen-bond acceptors (Lipinski definition) is 3. The van der Waals surface area contributed by atoms with Gasteiger partial charge in [-0.05, 0) is 22.9 Å². The Balaban J connectivity index is 2.57. The molecule has 0 aliphatic carbocycles. The number of carbonyl (C=O) groups is 1. The lowest BCUT2D eigenvalue weighted by Gasteiger charge is -2.02. The molecular formula is C14H8O3. The second-order valence-electron chi connectivity index (χ2n) is 3.81. The van der Waals surface area contributed by atoms with Crippen LogP contribution in [0.15, 0.2) is 51.7 Å². The predicted molar refractivity (Wildman–Crippen MR) is 65.4 cm³/mol. The van der Waals surface area contributed by atoms with Gasteiger partial charge in [-0.3, -0.25) is 4.79 Å². The highest BCUT2D eigenvalue weighted by Crippen LogP contribution is 2.24. The summed E-state index contributed by atoms with van der Waals surface area (Å²) in [6.45, 7) is 0. The van der Waals surface area contributed by atoms with Gasteiger partial charge in [-0.1, -0.05) is 30.3 Å². The van der Waals surface area contributed by atoms with Crippen molar-refractivity contribution >= 4 is 28.0 Å². The molecule has 3 rings (SSSR count). The molecule has 0 unspecified atom stereocenters. The minimum Gasteiger partial charge on any atom is -0.422 e. The molecule has 0 N–H and O–H groups in total. The third-order valence-electron chi connectivity index (χ3n) is 2.80. The quantitative estimate of drug-likeness (QED) is 0.362. The third-order valence-corrected chi connectivity index (χ3v) is 2.80. The van der Waals surface area contributed by atoms with E-state index in [1.165, 1.54) is 0 Å². The van der Waals surface area contributed by atoms with E-state index in [0.29, 0.717) is 11.9 Å². The largest absolute Gasteiger partial charge is 0.422 e. The molecule has 82 valence electrons. The highest BCUT2D eigenvalue weighted by molar-refractivity contribution is 6.06. The van der Waals surface area contributed by atoms with Crippen molar-refractivity contribution in [3.05, 3.63) is 58.4 Å². The Hall–Kier alpha value is -2.42. The van der Waals surface area contributed by atoms with Crippen molar-refractivity contribution in [2.24, 2.45) is 0 Å². The van der Waals surface area contributed by atoms with Crippen LogP contribution in [0.25, 0.3) is 21.7 Å². The number of carbonyl (C=O) groups excluding carboxylic acids is 1. The minimum atomic E-state index is -0.595. The molecule has 0 aliphatic rings. The van der Waals surface area contributed by atoms with Gasteiger partial charge in [-0.25, -0.2) is 4.79 Å². The van der Waals surface area contributed by atoms with Gasteiger partial charge in [0.15, 0.2) is 6.29 Å². The van der Waals surface area contributed by atoms with Gasteiger partial charge < -0.3 is 4.42 Å². The Bertz CT molecular complexity index is 784. The average molecular weight is 224 g/mol. The molecule has 0 spiro atoms. The van der Waals surface area contributed by atoms with Crippen molar-refractivity contribution in [3.8, 4) is 0 Å². The Labute approximate surface area is 96.3 Å². The topological polar surface area (TPSA) is 47.3 Å². The van der Waals surface area contributed by atoms with E-state index >= 15 is 0 Å². The molecular weight excluding hydrogens is 216 g/mol. The van der Waals surface area contributed by atoms with Gasteiger partial charge >= 0.3 is 5.63 Å². The van der Waals surface area contributed by atoms with Gasteiger partial charge in [0.2, 0.25) is 0 Å². The van der Waals surface area contributed by atoms with E-state index < -0.39 is 5.63 Å². The minimum absolute atomic E-state index is 0.0499. The van der Waals surface area contributed by atoms with Crippen molar-refractivity contribution < 1.29 is 9.21 Å². The highest BCUT2D eigenvalue weighted by atomic mass is 16.4. The number of fused-ring (bicyclic) bond motifs is 3. The summed E-state index contributed by atoms with van der Waals surface area (Å²) < 4.78 is 5.10. The fourth-order valence-electron chi connectivity index (χ4n) is 1.97. The highest BCUT2D eigenvalue weighted by Gasteiger charge is 2.06. The fraction of sp³-hybridized carbons (Fsp3) is 0. The van der Waals surface area contributed by atoms with Gasteiger partial charge in [0.05, 0.1) is 0 Å². The van der Waals surface area contributed by atoms with E-state index in [2.05, 4.69) is 0 Å². The molecule has 0 atom stereocenters. The molecule has 3 aromatic rings. The lowest BCUT2D eigenvalue weighted by Crippen LogP contribution is -2.05. The van der Waals surface area contributed by atoms with Crippen LogP contribution in [0.5, 0.6) is 0 Å². The van der Waals surface area contributed by atoms with E-state index in [-0.39, 0.29) is 5.56 Å². The molecule has 0 radical (unpaired) electrons. The van der Waals surface area contributed by atoms with Gasteiger partial charge in [0.25, 0.3) is 0 Å². The standard InChI is InChI=1S/C14H8O3/c15-8-10-7-12-11-4-2-1-3-9(11)5-6-13(12)17-14(10)16/h1-8H. The van der Waals surface area contributed by atoms with Crippen LogP contribution in [0.4, 0.5) is 0 Å². The second kappa shape index (κ2) is 3.56. The van der Waals surface area contributed by atoms with Crippen LogP contribution in [0.3, 0.4) is 0 Å². The molecule has 0 bridgehead atoms. The van der Waals surface area contributed by atoms with Crippen molar-refractivity contribution in [3.63, 3.8) is 0 Å². The third kappa shape index (κ3) is 1.44. The first-order valence-electron chi connectivity index (χ1n) is 5.20. The van der Waals surface area contributed by atoms with Gasteiger partial charge in [-0.15, -0.1) is 0 Å². The van der Waals surface area contributed by atoms with E-state index in [9.17, 15) is 9.59 Å². The predicted octanol–water partition coefficient (Wildman–Crippen LogP) is 2.76. The maximum atomic E-state index is 11.4. The summed E-state index contributed by atoms with van der Waals surface area (Å²) in [6, 6.07) is 13.0.